The minimum Gasteiger partial charge on any atom is -0.0622 e. The Kier molecular flexibility index (Phi) is 7.00. The third kappa shape index (κ3) is 5.00. The molecule has 7 aromatic carbocycles. The Morgan fingerprint density at radius 3 is 1.56 bits per heavy atom. The molecule has 41 heavy (non-hydrogen) atoms. The van der Waals surface area contributed by atoms with Gasteiger partial charge in [0.25, 0.3) is 0 Å². The molecule has 0 radical (unpaired) electrons. The summed E-state index contributed by atoms with van der Waals surface area (Å²) in [5.74, 6) is 0. The Morgan fingerprint density at radius 2 is 0.902 bits per heavy atom. The molecule has 0 aliphatic heterocycles. The summed E-state index contributed by atoms with van der Waals surface area (Å²) in [5, 5.41) is 9.14. The van der Waals surface area contributed by atoms with Crippen molar-refractivity contribution in [3.8, 4) is 11.1 Å². The van der Waals surface area contributed by atoms with Crippen molar-refractivity contribution in [2.45, 2.75) is 0 Å². The highest BCUT2D eigenvalue weighted by Crippen LogP contribution is 2.42. The van der Waals surface area contributed by atoms with E-state index in [1.54, 1.807) is 0 Å². The monoisotopic (exact) mass is 540 g/mol. The second kappa shape index (κ2) is 11.4. The second-order valence-electron chi connectivity index (χ2n) is 10.2. The van der Waals surface area contributed by atoms with Gasteiger partial charge in [0.2, 0.25) is 0 Å². The van der Waals surface area contributed by atoms with E-state index in [0.717, 1.165) is 0 Å². The third-order valence-corrected chi connectivity index (χ3v) is 10.1. The predicted molar refractivity (Wildman–Crippen MR) is 181 cm³/mol. The van der Waals surface area contributed by atoms with Crippen LogP contribution >= 0.6 is 7.92 Å². The normalized spacial score (nSPS) is 11.5. The molecular weight excluding hydrogens is 511 g/mol. The summed E-state index contributed by atoms with van der Waals surface area (Å²) in [4.78, 5) is 0. The minimum absolute atomic E-state index is 0.796. The van der Waals surface area contributed by atoms with Crippen LogP contribution in [-0.2, 0) is 0 Å². The average molecular weight is 541 g/mol. The van der Waals surface area contributed by atoms with E-state index in [9.17, 15) is 0 Å². The van der Waals surface area contributed by atoms with Crippen LogP contribution in [-0.4, -0.2) is 0 Å². The largest absolute Gasteiger partial charge is 0.0622 e. The van der Waals surface area contributed by atoms with Gasteiger partial charge in [0, 0.05) is 0 Å². The second-order valence-corrected chi connectivity index (χ2v) is 12.4. The molecule has 0 fully saturated rings. The van der Waals surface area contributed by atoms with Gasteiger partial charge >= 0.3 is 0 Å². The molecule has 194 valence electrons. The smallest absolute Gasteiger partial charge is 0.00155 e. The van der Waals surface area contributed by atoms with E-state index >= 15 is 0 Å². The van der Waals surface area contributed by atoms with Gasteiger partial charge in [-0.15, -0.1) is 0 Å². The molecule has 0 unspecified atom stereocenters. The van der Waals surface area contributed by atoms with Crippen molar-refractivity contribution in [3.63, 3.8) is 0 Å². The van der Waals surface area contributed by atoms with E-state index in [4.69, 9.17) is 0 Å². The minimum atomic E-state index is -0.796. The number of rotatable bonds is 6. The van der Waals surface area contributed by atoms with Gasteiger partial charge in [-0.1, -0.05) is 176 Å². The highest BCUT2D eigenvalue weighted by atomic mass is 31.1. The summed E-state index contributed by atoms with van der Waals surface area (Å²) in [7, 11) is -0.796. The zero-order valence-corrected chi connectivity index (χ0v) is 23.6. The van der Waals surface area contributed by atoms with Crippen molar-refractivity contribution >= 4 is 57.5 Å². The van der Waals surface area contributed by atoms with Crippen LogP contribution in [0, 0.1) is 0 Å². The van der Waals surface area contributed by atoms with E-state index in [1.807, 2.05) is 0 Å². The van der Waals surface area contributed by atoms with Crippen molar-refractivity contribution < 1.29 is 0 Å². The fourth-order valence-electron chi connectivity index (χ4n) is 5.75. The molecule has 0 amide bonds. The van der Waals surface area contributed by atoms with Crippen LogP contribution in [0.3, 0.4) is 0 Å². The molecule has 7 rings (SSSR count). The maximum Gasteiger partial charge on any atom is -0.00155 e. The number of hydrogen-bond acceptors (Lipinski definition) is 0. The average Bonchev–Trinajstić information content (AvgIpc) is 3.05. The first kappa shape index (κ1) is 25.2. The number of hydrogen-bond donors (Lipinski definition) is 0. The van der Waals surface area contributed by atoms with Gasteiger partial charge in [-0.2, -0.15) is 0 Å². The van der Waals surface area contributed by atoms with E-state index < -0.39 is 7.92 Å². The predicted octanol–water partition coefficient (Wildman–Crippen LogP) is 9.59. The van der Waals surface area contributed by atoms with Crippen LogP contribution in [0.1, 0.15) is 11.1 Å². The van der Waals surface area contributed by atoms with Crippen LogP contribution in [0.5, 0.6) is 0 Å². The summed E-state index contributed by atoms with van der Waals surface area (Å²) in [6.07, 6.45) is 4.55. The summed E-state index contributed by atoms with van der Waals surface area (Å²) in [5.41, 5.74) is 5.03. The highest BCUT2D eigenvalue weighted by molar-refractivity contribution is 7.80. The maximum atomic E-state index is 2.38. The fraction of sp³-hybridized carbons (Fsp3) is 0. The van der Waals surface area contributed by atoms with Gasteiger partial charge in [-0.25, -0.2) is 0 Å². The van der Waals surface area contributed by atoms with Crippen molar-refractivity contribution in [2.75, 3.05) is 0 Å². The molecule has 0 saturated heterocycles. The highest BCUT2D eigenvalue weighted by Gasteiger charge is 2.23. The van der Waals surface area contributed by atoms with E-state index in [2.05, 4.69) is 176 Å². The molecule has 1 heteroatoms. The Labute approximate surface area is 243 Å². The maximum absolute atomic E-state index is 2.38. The Bertz CT molecular complexity index is 1930. The molecule has 0 aliphatic carbocycles. The van der Waals surface area contributed by atoms with Crippen molar-refractivity contribution in [1.82, 2.24) is 0 Å². The molecule has 7 aromatic rings. The van der Waals surface area contributed by atoms with Crippen molar-refractivity contribution in [2.24, 2.45) is 0 Å². The standard InChI is InChI=1S/C40H29P/c1-4-14-30(15-5-1)24-27-37-35-22-12-10-16-31(35)25-28-38(37)40-36-23-13-11-17-32(36)26-29-39(40)41(33-18-6-2-7-19-33)34-20-8-3-9-21-34/h1-29H/b27-24+. The SMILES string of the molecule is C(=C\c1c(-c2c(P(c3ccccc3)c3ccccc3)ccc3ccccc23)ccc2ccccc12)/c1ccccc1. The zero-order chi connectivity index (χ0) is 27.4. The lowest BCUT2D eigenvalue weighted by molar-refractivity contribution is 1.65. The van der Waals surface area contributed by atoms with Crippen LogP contribution in [0.4, 0.5) is 0 Å². The summed E-state index contributed by atoms with van der Waals surface area (Å²) < 4.78 is 0. The van der Waals surface area contributed by atoms with Gasteiger partial charge < -0.3 is 0 Å². The first-order valence-corrected chi connectivity index (χ1v) is 15.4. The third-order valence-electron chi connectivity index (χ3n) is 7.66. The van der Waals surface area contributed by atoms with Gasteiger partial charge in [-0.3, -0.25) is 0 Å². The van der Waals surface area contributed by atoms with Crippen molar-refractivity contribution in [3.05, 3.63) is 175 Å². The van der Waals surface area contributed by atoms with Crippen LogP contribution in [0.15, 0.2) is 164 Å². The summed E-state index contributed by atoms with van der Waals surface area (Å²) in [6.45, 7) is 0. The summed E-state index contributed by atoms with van der Waals surface area (Å²) in [6, 6.07) is 59.5. The van der Waals surface area contributed by atoms with Crippen LogP contribution < -0.4 is 15.9 Å². The molecule has 0 saturated carbocycles. The topological polar surface area (TPSA) is 0 Å². The van der Waals surface area contributed by atoms with Gasteiger partial charge in [0.1, 0.15) is 0 Å². The van der Waals surface area contributed by atoms with Gasteiger partial charge in [-0.05, 0) is 67.6 Å². The van der Waals surface area contributed by atoms with Crippen LogP contribution in [0.2, 0.25) is 0 Å². The Hall–Kier alpha value is -4.77. The lowest BCUT2D eigenvalue weighted by Gasteiger charge is -2.25. The molecule has 0 spiro atoms. The van der Waals surface area contributed by atoms with Gasteiger partial charge in [0.05, 0.1) is 0 Å². The molecule has 0 aliphatic rings. The molecule has 0 nitrogen and oxygen atoms in total. The number of fused-ring (bicyclic) bond motifs is 2. The molecule has 0 N–H and O–H groups in total. The molecule has 0 aromatic heterocycles. The zero-order valence-electron chi connectivity index (χ0n) is 22.7. The first-order chi connectivity index (χ1) is 20.4. The van der Waals surface area contributed by atoms with Crippen molar-refractivity contribution in [1.29, 1.82) is 0 Å². The molecule has 0 bridgehead atoms. The van der Waals surface area contributed by atoms with E-state index in [0.29, 0.717) is 0 Å². The summed E-state index contributed by atoms with van der Waals surface area (Å²) >= 11 is 0. The lowest BCUT2D eigenvalue weighted by Crippen LogP contribution is -2.22. The molecular formula is C40H29P. The quantitative estimate of drug-likeness (QED) is 0.146. The number of benzene rings is 7. The lowest BCUT2D eigenvalue weighted by atomic mass is 9.90. The molecule has 0 atom stereocenters. The fourth-order valence-corrected chi connectivity index (χ4v) is 8.23. The van der Waals surface area contributed by atoms with E-state index in [-0.39, 0.29) is 0 Å². The van der Waals surface area contributed by atoms with E-state index in [1.165, 1.54) is 59.7 Å². The molecule has 0 heterocycles. The first-order valence-electron chi connectivity index (χ1n) is 14.0. The Morgan fingerprint density at radius 1 is 0.390 bits per heavy atom. The van der Waals surface area contributed by atoms with Gasteiger partial charge in [0.15, 0.2) is 0 Å². The Balaban J connectivity index is 1.56. The van der Waals surface area contributed by atoms with Crippen LogP contribution in [0.25, 0.3) is 44.8 Å².